The second-order valence-corrected chi connectivity index (χ2v) is 20.0. The maximum absolute atomic E-state index is 7.20. The van der Waals surface area contributed by atoms with Crippen LogP contribution in [0.15, 0.2) is 265 Å². The molecule has 13 aromatic rings. The molecule has 0 saturated heterocycles. The van der Waals surface area contributed by atoms with Crippen molar-refractivity contribution in [3.63, 3.8) is 0 Å². The number of hydrogen-bond donors (Lipinski definition) is 0. The molecular formula is C70H48N2O. The van der Waals surface area contributed by atoms with Gasteiger partial charge in [-0.05, 0) is 151 Å². The van der Waals surface area contributed by atoms with Crippen molar-refractivity contribution in [2.24, 2.45) is 5.92 Å². The van der Waals surface area contributed by atoms with Gasteiger partial charge in [0.05, 0.1) is 11.0 Å². The fourth-order valence-electron chi connectivity index (χ4n) is 12.8. The third-order valence-electron chi connectivity index (χ3n) is 16.0. The second-order valence-electron chi connectivity index (χ2n) is 20.0. The highest BCUT2D eigenvalue weighted by Crippen LogP contribution is 2.61. The molecule has 73 heavy (non-hydrogen) atoms. The van der Waals surface area contributed by atoms with E-state index in [4.69, 9.17) is 4.42 Å². The molecule has 3 heteroatoms. The lowest BCUT2D eigenvalue weighted by atomic mass is 9.66. The van der Waals surface area contributed by atoms with Gasteiger partial charge in [-0.2, -0.15) is 0 Å². The summed E-state index contributed by atoms with van der Waals surface area (Å²) < 4.78 is 9.58. The van der Waals surface area contributed by atoms with Gasteiger partial charge < -0.3 is 13.9 Å². The maximum atomic E-state index is 7.20. The van der Waals surface area contributed by atoms with Crippen molar-refractivity contribution < 1.29 is 4.42 Å². The average molecular weight is 933 g/mol. The monoisotopic (exact) mass is 932 g/mol. The summed E-state index contributed by atoms with van der Waals surface area (Å²) in [5, 5.41) is 11.2. The molecule has 11 aromatic carbocycles. The van der Waals surface area contributed by atoms with Crippen LogP contribution in [-0.4, -0.2) is 4.57 Å². The van der Waals surface area contributed by atoms with E-state index in [1.807, 2.05) is 0 Å². The molecule has 0 saturated carbocycles. The molecular weight excluding hydrogens is 885 g/mol. The minimum absolute atomic E-state index is 0.377. The number of furan rings is 1. The van der Waals surface area contributed by atoms with Crippen molar-refractivity contribution in [1.82, 2.24) is 4.57 Å². The summed E-state index contributed by atoms with van der Waals surface area (Å²) in [6, 6.07) is 87.2. The number of allylic oxidation sites excluding steroid dienone is 4. The Morgan fingerprint density at radius 2 is 1.04 bits per heavy atom. The molecule has 2 aliphatic rings. The Morgan fingerprint density at radius 1 is 0.466 bits per heavy atom. The van der Waals surface area contributed by atoms with Crippen molar-refractivity contribution in [1.29, 1.82) is 0 Å². The molecule has 2 heterocycles. The Hall–Kier alpha value is -9.18. The summed E-state index contributed by atoms with van der Waals surface area (Å²) >= 11 is 0. The third kappa shape index (κ3) is 6.19. The van der Waals surface area contributed by atoms with Gasteiger partial charge in [0.25, 0.3) is 0 Å². The Morgan fingerprint density at radius 3 is 1.78 bits per heavy atom. The van der Waals surface area contributed by atoms with Crippen LogP contribution in [0.1, 0.15) is 30.2 Å². The summed E-state index contributed by atoms with van der Waals surface area (Å²) in [6.07, 6.45) is 7.86. The van der Waals surface area contributed by atoms with Crippen LogP contribution in [0.25, 0.3) is 93.0 Å². The van der Waals surface area contributed by atoms with Gasteiger partial charge in [-0.15, -0.1) is 0 Å². The summed E-state index contributed by atoms with van der Waals surface area (Å²) in [5.41, 5.74) is 15.6. The van der Waals surface area contributed by atoms with E-state index in [0.717, 1.165) is 51.5 Å². The molecule has 344 valence electrons. The number of aromatic nitrogens is 1. The molecule has 2 unspecified atom stereocenters. The fraction of sp³-hybridized carbons (Fsp3) is 0.0571. The van der Waals surface area contributed by atoms with Gasteiger partial charge in [-0.1, -0.05) is 189 Å². The van der Waals surface area contributed by atoms with Gasteiger partial charge in [-0.25, -0.2) is 0 Å². The lowest BCUT2D eigenvalue weighted by Gasteiger charge is -2.36. The minimum atomic E-state index is -0.656. The van der Waals surface area contributed by atoms with E-state index in [2.05, 4.69) is 271 Å². The highest BCUT2D eigenvalue weighted by atomic mass is 16.3. The zero-order chi connectivity index (χ0) is 48.2. The van der Waals surface area contributed by atoms with E-state index in [9.17, 15) is 0 Å². The van der Waals surface area contributed by atoms with Gasteiger partial charge in [0.15, 0.2) is 0 Å². The molecule has 0 fully saturated rings. The minimum Gasteiger partial charge on any atom is -0.459 e. The van der Waals surface area contributed by atoms with Gasteiger partial charge >= 0.3 is 0 Å². The van der Waals surface area contributed by atoms with Crippen LogP contribution >= 0.6 is 0 Å². The van der Waals surface area contributed by atoms with Crippen LogP contribution in [-0.2, 0) is 5.41 Å². The van der Waals surface area contributed by atoms with E-state index in [0.29, 0.717) is 5.92 Å². The van der Waals surface area contributed by atoms with Crippen molar-refractivity contribution in [2.75, 3.05) is 4.90 Å². The number of anilines is 3. The topological polar surface area (TPSA) is 21.3 Å². The SMILES string of the molecule is CC1C=CC=C(C2(c3ccccc3)c3cc(N(c4ccc(-c5ccc6c(c5)c5ccccc5n6-c5ccccc5)cc4)c4ccc5c6ccccc6c6ccccc6c5c4)ccc3-c3c2oc2ccccc32)C1. The molecule has 0 N–H and O–H groups in total. The summed E-state index contributed by atoms with van der Waals surface area (Å²) in [4.78, 5) is 2.47. The Balaban J connectivity index is 0.952. The van der Waals surface area contributed by atoms with Crippen LogP contribution in [0.4, 0.5) is 17.1 Å². The summed E-state index contributed by atoms with van der Waals surface area (Å²) in [7, 11) is 0. The van der Waals surface area contributed by atoms with Gasteiger partial charge in [0, 0.05) is 44.5 Å². The van der Waals surface area contributed by atoms with Crippen LogP contribution in [0.3, 0.4) is 0 Å². The zero-order valence-corrected chi connectivity index (χ0v) is 40.3. The van der Waals surface area contributed by atoms with Crippen molar-refractivity contribution in [3.8, 4) is 27.9 Å². The number of nitrogens with zero attached hydrogens (tertiary/aromatic N) is 2. The zero-order valence-electron chi connectivity index (χ0n) is 40.3. The number of fused-ring (bicyclic) bond motifs is 14. The first-order valence-corrected chi connectivity index (χ1v) is 25.5. The third-order valence-corrected chi connectivity index (χ3v) is 16.0. The lowest BCUT2D eigenvalue weighted by molar-refractivity contribution is 0.480. The Bertz CT molecular complexity index is 4390. The first-order chi connectivity index (χ1) is 36.1. The Kier molecular flexibility index (Phi) is 9.22. The summed E-state index contributed by atoms with van der Waals surface area (Å²) in [5.74, 6) is 1.38. The number of rotatable bonds is 7. The van der Waals surface area contributed by atoms with E-state index in [-0.39, 0.29) is 0 Å². The van der Waals surface area contributed by atoms with Crippen LogP contribution in [0.5, 0.6) is 0 Å². The highest BCUT2D eigenvalue weighted by molar-refractivity contribution is 6.26. The summed E-state index contributed by atoms with van der Waals surface area (Å²) in [6.45, 7) is 2.33. The van der Waals surface area contributed by atoms with E-state index < -0.39 is 5.41 Å². The van der Waals surface area contributed by atoms with Crippen LogP contribution in [0, 0.1) is 5.92 Å². The molecule has 0 spiro atoms. The largest absolute Gasteiger partial charge is 0.459 e. The van der Waals surface area contributed by atoms with Gasteiger partial charge in [0.1, 0.15) is 16.8 Å². The molecule has 2 aliphatic carbocycles. The van der Waals surface area contributed by atoms with Gasteiger partial charge in [0.2, 0.25) is 0 Å². The first-order valence-electron chi connectivity index (χ1n) is 25.5. The predicted octanol–water partition coefficient (Wildman–Crippen LogP) is 19.0. The van der Waals surface area contributed by atoms with E-state index in [1.165, 1.54) is 87.5 Å². The molecule has 15 rings (SSSR count). The molecule has 3 nitrogen and oxygen atoms in total. The van der Waals surface area contributed by atoms with Crippen molar-refractivity contribution >= 4 is 82.2 Å². The first kappa shape index (κ1) is 41.6. The number of benzene rings is 11. The van der Waals surface area contributed by atoms with Crippen molar-refractivity contribution in [3.05, 3.63) is 277 Å². The predicted molar refractivity (Wildman–Crippen MR) is 306 cm³/mol. The molecule has 0 amide bonds. The maximum Gasteiger partial charge on any atom is 0.135 e. The molecule has 0 radical (unpaired) electrons. The molecule has 2 aromatic heterocycles. The van der Waals surface area contributed by atoms with E-state index >= 15 is 0 Å². The molecule has 2 atom stereocenters. The number of hydrogen-bond acceptors (Lipinski definition) is 2. The normalized spacial score (nSPS) is 16.2. The molecule has 0 aliphatic heterocycles. The smallest absolute Gasteiger partial charge is 0.135 e. The average Bonchev–Trinajstić information content (AvgIpc) is 4.09. The number of para-hydroxylation sites is 3. The van der Waals surface area contributed by atoms with Crippen molar-refractivity contribution in [2.45, 2.75) is 18.8 Å². The van der Waals surface area contributed by atoms with E-state index in [1.54, 1.807) is 0 Å². The lowest BCUT2D eigenvalue weighted by Crippen LogP contribution is -2.31. The van der Waals surface area contributed by atoms with Gasteiger partial charge in [-0.3, -0.25) is 0 Å². The standard InChI is InChI=1S/C70H48N2O/c1-45-17-16-20-49(41-45)70(48-18-4-2-5-19-48)64-44-53(37-39-60(64)68-61-28-13-15-30-67(61)73-69(68)70)71(52-36-38-58-56-25-9-8-23-54(56)55-24-10-11-26-57(55)62(58)43-52)51-34-31-46(32-35-51)47-33-40-66-63(42-47)59-27-12-14-29-65(59)72(66)50-21-6-3-7-22-50/h2-40,42-45H,41H2,1H3. The van der Waals surface area contributed by atoms with Crippen LogP contribution < -0.4 is 4.90 Å². The quantitative estimate of drug-likeness (QED) is 0.149. The molecule has 0 bridgehead atoms. The Labute approximate surface area is 423 Å². The fourth-order valence-corrected chi connectivity index (χ4v) is 12.8. The van der Waals surface area contributed by atoms with Crippen LogP contribution in [0.2, 0.25) is 0 Å². The highest BCUT2D eigenvalue weighted by Gasteiger charge is 2.51. The second kappa shape index (κ2) is 16.2.